The number of benzene rings is 1. The molecule has 0 aliphatic heterocycles. The fraction of sp³-hybridized carbons (Fsp3) is 0.211. The van der Waals surface area contributed by atoms with Crippen LogP contribution in [-0.2, 0) is 16.1 Å². The van der Waals surface area contributed by atoms with Crippen LogP contribution in [0.15, 0.2) is 45.2 Å². The number of hydrogen-bond donors (Lipinski definition) is 0. The fourth-order valence-corrected chi connectivity index (χ4v) is 2.41. The van der Waals surface area contributed by atoms with E-state index in [2.05, 4.69) is 10.2 Å². The number of furan rings is 1. The molecule has 0 spiro atoms. The Bertz CT molecular complexity index is 939. The van der Waals surface area contributed by atoms with E-state index in [1.807, 2.05) is 44.2 Å². The Labute approximate surface area is 150 Å². The van der Waals surface area contributed by atoms with Gasteiger partial charge in [-0.2, -0.15) is 0 Å². The number of hydrogen-bond acceptors (Lipinski definition) is 7. The molecule has 7 nitrogen and oxygen atoms in total. The average Bonchev–Trinajstić information content (AvgIpc) is 3.24. The smallest absolute Gasteiger partial charge is 0.331 e. The van der Waals surface area contributed by atoms with Crippen LogP contribution in [0.3, 0.4) is 0 Å². The Balaban J connectivity index is 1.60. The summed E-state index contributed by atoms with van der Waals surface area (Å²) in [5.74, 6) is 2.13. The zero-order valence-electron chi connectivity index (χ0n) is 14.7. The quantitative estimate of drug-likeness (QED) is 0.492. The summed E-state index contributed by atoms with van der Waals surface area (Å²) in [6.07, 6.45) is 2.94. The zero-order chi connectivity index (χ0) is 18.5. The molecule has 2 aromatic heterocycles. The van der Waals surface area contributed by atoms with Gasteiger partial charge in [-0.3, -0.25) is 0 Å². The lowest BCUT2D eigenvalue weighted by Crippen LogP contribution is -2.01. The van der Waals surface area contributed by atoms with E-state index in [1.54, 1.807) is 13.2 Å². The molecule has 134 valence electrons. The van der Waals surface area contributed by atoms with Crippen LogP contribution in [-0.4, -0.2) is 23.3 Å². The largest absolute Gasteiger partial charge is 0.496 e. The maximum atomic E-state index is 11.9. The molecule has 0 bridgehead atoms. The van der Waals surface area contributed by atoms with Crippen LogP contribution in [0.1, 0.15) is 23.0 Å². The van der Waals surface area contributed by atoms with Gasteiger partial charge in [-0.15, -0.1) is 10.2 Å². The van der Waals surface area contributed by atoms with E-state index in [9.17, 15) is 4.79 Å². The highest BCUT2D eigenvalue weighted by Gasteiger charge is 2.15. The Kier molecular flexibility index (Phi) is 5.17. The van der Waals surface area contributed by atoms with Crippen molar-refractivity contribution in [3.63, 3.8) is 0 Å². The first kappa shape index (κ1) is 17.5. The molecule has 3 rings (SSSR count). The van der Waals surface area contributed by atoms with Gasteiger partial charge in [0.2, 0.25) is 0 Å². The topological polar surface area (TPSA) is 87.6 Å². The third-order valence-electron chi connectivity index (χ3n) is 3.61. The molecule has 0 aliphatic carbocycles. The maximum Gasteiger partial charge on any atom is 0.331 e. The standard InChI is InChI=1S/C19H18N2O5/c1-12-10-15(13(2)25-12)19-21-20-17(26-19)11-24-18(22)9-8-14-6-4-5-7-16(14)23-3/h4-10H,11H2,1-3H3/b9-8+. The maximum absolute atomic E-state index is 11.9. The number of ether oxygens (including phenoxy) is 2. The lowest BCUT2D eigenvalue weighted by molar-refractivity contribution is -0.139. The Morgan fingerprint density at radius 3 is 2.73 bits per heavy atom. The molecule has 0 amide bonds. The monoisotopic (exact) mass is 354 g/mol. The molecular formula is C19H18N2O5. The van der Waals surface area contributed by atoms with Crippen LogP contribution in [0, 0.1) is 13.8 Å². The summed E-state index contributed by atoms with van der Waals surface area (Å²) in [7, 11) is 1.57. The second-order valence-corrected chi connectivity index (χ2v) is 5.51. The van der Waals surface area contributed by atoms with Gasteiger partial charge >= 0.3 is 5.97 Å². The van der Waals surface area contributed by atoms with Crippen molar-refractivity contribution >= 4 is 12.0 Å². The Morgan fingerprint density at radius 1 is 1.19 bits per heavy atom. The lowest BCUT2D eigenvalue weighted by atomic mass is 10.2. The predicted molar refractivity (Wildman–Crippen MR) is 93.3 cm³/mol. The number of esters is 1. The first-order chi connectivity index (χ1) is 12.6. The van der Waals surface area contributed by atoms with Crippen molar-refractivity contribution in [3.8, 4) is 17.2 Å². The molecule has 1 aromatic carbocycles. The van der Waals surface area contributed by atoms with Crippen LogP contribution in [0.5, 0.6) is 5.75 Å². The molecule has 0 unspecified atom stereocenters. The second kappa shape index (κ2) is 7.69. The van der Waals surface area contributed by atoms with E-state index in [1.165, 1.54) is 6.08 Å². The first-order valence-corrected chi connectivity index (χ1v) is 7.94. The predicted octanol–water partition coefficient (Wildman–Crippen LogP) is 3.71. The molecule has 0 atom stereocenters. The molecule has 0 N–H and O–H groups in total. The summed E-state index contributed by atoms with van der Waals surface area (Å²) < 4.78 is 21.3. The van der Waals surface area contributed by atoms with Crippen molar-refractivity contribution in [3.05, 3.63) is 59.4 Å². The molecule has 2 heterocycles. The minimum absolute atomic E-state index is 0.113. The Hall–Kier alpha value is -3.35. The van der Waals surface area contributed by atoms with E-state index < -0.39 is 5.97 Å². The number of methoxy groups -OCH3 is 1. The van der Waals surface area contributed by atoms with Crippen molar-refractivity contribution in [2.45, 2.75) is 20.5 Å². The normalized spacial score (nSPS) is 11.0. The molecule has 0 aliphatic rings. The van der Waals surface area contributed by atoms with Crippen LogP contribution < -0.4 is 4.74 Å². The summed E-state index contributed by atoms with van der Waals surface area (Å²) in [4.78, 5) is 11.9. The summed E-state index contributed by atoms with van der Waals surface area (Å²) in [5.41, 5.74) is 1.50. The molecule has 7 heteroatoms. The van der Waals surface area contributed by atoms with Gasteiger partial charge in [-0.05, 0) is 32.1 Å². The minimum Gasteiger partial charge on any atom is -0.496 e. The highest BCUT2D eigenvalue weighted by Crippen LogP contribution is 2.25. The van der Waals surface area contributed by atoms with Gasteiger partial charge in [-0.1, -0.05) is 18.2 Å². The number of nitrogens with zero attached hydrogens (tertiary/aromatic N) is 2. The van der Waals surface area contributed by atoms with E-state index in [0.717, 1.165) is 16.9 Å². The third kappa shape index (κ3) is 4.00. The molecule has 0 saturated carbocycles. The average molecular weight is 354 g/mol. The van der Waals surface area contributed by atoms with Crippen molar-refractivity contribution in [2.24, 2.45) is 0 Å². The van der Waals surface area contributed by atoms with Crippen LogP contribution in [0.4, 0.5) is 0 Å². The molecular weight excluding hydrogens is 336 g/mol. The lowest BCUT2D eigenvalue weighted by Gasteiger charge is -2.03. The highest BCUT2D eigenvalue weighted by molar-refractivity contribution is 5.87. The molecule has 3 aromatic rings. The Morgan fingerprint density at radius 2 is 2.00 bits per heavy atom. The van der Waals surface area contributed by atoms with Crippen LogP contribution in [0.2, 0.25) is 0 Å². The SMILES string of the molecule is COc1ccccc1/C=C/C(=O)OCc1nnc(-c2cc(C)oc2C)o1. The van der Waals surface area contributed by atoms with Gasteiger partial charge in [0.15, 0.2) is 6.61 Å². The van der Waals surface area contributed by atoms with Gasteiger partial charge in [-0.25, -0.2) is 4.79 Å². The summed E-state index contributed by atoms with van der Waals surface area (Å²) in [5, 5.41) is 7.83. The van der Waals surface area contributed by atoms with Crippen molar-refractivity contribution in [1.29, 1.82) is 0 Å². The number of carbonyl (C=O) groups is 1. The van der Waals surface area contributed by atoms with E-state index in [-0.39, 0.29) is 12.5 Å². The number of carbonyl (C=O) groups excluding carboxylic acids is 1. The molecule has 0 saturated heterocycles. The third-order valence-corrected chi connectivity index (χ3v) is 3.61. The van der Waals surface area contributed by atoms with Gasteiger partial charge in [0.25, 0.3) is 11.8 Å². The van der Waals surface area contributed by atoms with Gasteiger partial charge < -0.3 is 18.3 Å². The molecule has 0 fully saturated rings. The van der Waals surface area contributed by atoms with E-state index in [0.29, 0.717) is 17.4 Å². The van der Waals surface area contributed by atoms with Gasteiger partial charge in [0.05, 0.1) is 12.7 Å². The van der Waals surface area contributed by atoms with Crippen molar-refractivity contribution < 1.29 is 23.1 Å². The van der Waals surface area contributed by atoms with Crippen LogP contribution >= 0.6 is 0 Å². The second-order valence-electron chi connectivity index (χ2n) is 5.51. The van der Waals surface area contributed by atoms with Crippen molar-refractivity contribution in [2.75, 3.05) is 7.11 Å². The summed E-state index contributed by atoms with van der Waals surface area (Å²) >= 11 is 0. The summed E-state index contributed by atoms with van der Waals surface area (Å²) in [6.45, 7) is 3.54. The number of para-hydroxylation sites is 1. The number of aromatic nitrogens is 2. The first-order valence-electron chi connectivity index (χ1n) is 7.94. The number of rotatable bonds is 6. The van der Waals surface area contributed by atoms with Gasteiger partial charge in [0.1, 0.15) is 17.3 Å². The highest BCUT2D eigenvalue weighted by atomic mass is 16.5. The van der Waals surface area contributed by atoms with E-state index >= 15 is 0 Å². The number of aryl methyl sites for hydroxylation is 2. The minimum atomic E-state index is -0.522. The summed E-state index contributed by atoms with van der Waals surface area (Å²) in [6, 6.07) is 9.17. The van der Waals surface area contributed by atoms with Gasteiger partial charge in [0, 0.05) is 11.6 Å². The fourth-order valence-electron chi connectivity index (χ4n) is 2.41. The van der Waals surface area contributed by atoms with Crippen molar-refractivity contribution in [1.82, 2.24) is 10.2 Å². The van der Waals surface area contributed by atoms with Crippen LogP contribution in [0.25, 0.3) is 17.5 Å². The molecule has 26 heavy (non-hydrogen) atoms. The zero-order valence-corrected chi connectivity index (χ0v) is 14.7. The van der Waals surface area contributed by atoms with E-state index in [4.69, 9.17) is 18.3 Å². The molecule has 0 radical (unpaired) electrons.